The number of carbonyl (C=O) groups excluding carboxylic acids is 2. The Kier molecular flexibility index (Phi) is 18.2. The molecular weight excluding hydrogens is 424 g/mol. The number of rotatable bonds is 21. The van der Waals surface area contributed by atoms with E-state index in [1.54, 1.807) is 6.07 Å². The molecule has 0 radical (unpaired) electrons. The fraction of sp³-hybridized carbons (Fsp3) is 0.733. The molecule has 0 aliphatic rings. The number of carbonyl (C=O) groups is 2. The number of unbranched alkanes of at least 4 members (excludes halogenated alkanes) is 13. The summed E-state index contributed by atoms with van der Waals surface area (Å²) >= 11 is 0. The summed E-state index contributed by atoms with van der Waals surface area (Å²) in [6.45, 7) is 6.60. The lowest BCUT2D eigenvalue weighted by Crippen LogP contribution is -2.13. The third-order valence-electron chi connectivity index (χ3n) is 6.27. The summed E-state index contributed by atoms with van der Waals surface area (Å²) in [7, 11) is 0. The molecule has 194 valence electrons. The van der Waals surface area contributed by atoms with Gasteiger partial charge in [0, 0.05) is 12.8 Å². The number of benzene rings is 1. The zero-order valence-electron chi connectivity index (χ0n) is 22.3. The quantitative estimate of drug-likeness (QED) is 0.101. The van der Waals surface area contributed by atoms with Crippen molar-refractivity contribution >= 4 is 11.9 Å². The first kappa shape index (κ1) is 30.2. The summed E-state index contributed by atoms with van der Waals surface area (Å²) in [6, 6.07) is 5.64. The van der Waals surface area contributed by atoms with Gasteiger partial charge < -0.3 is 9.47 Å². The lowest BCUT2D eigenvalue weighted by molar-refractivity contribution is -0.137. The molecule has 0 fully saturated rings. The Morgan fingerprint density at radius 3 is 1.62 bits per heavy atom. The Morgan fingerprint density at radius 1 is 0.588 bits per heavy atom. The van der Waals surface area contributed by atoms with Crippen molar-refractivity contribution < 1.29 is 19.1 Å². The highest BCUT2D eigenvalue weighted by atomic mass is 16.6. The van der Waals surface area contributed by atoms with E-state index in [0.29, 0.717) is 24.3 Å². The molecule has 0 aliphatic carbocycles. The first-order chi connectivity index (χ1) is 16.6. The minimum Gasteiger partial charge on any atom is -0.423 e. The summed E-state index contributed by atoms with van der Waals surface area (Å²) in [5.74, 6) is 0.364. The molecule has 4 heteroatoms. The van der Waals surface area contributed by atoms with Crippen LogP contribution in [0.15, 0.2) is 18.2 Å². The van der Waals surface area contributed by atoms with Gasteiger partial charge in [0.1, 0.15) is 0 Å². The van der Waals surface area contributed by atoms with Crippen LogP contribution in [0.3, 0.4) is 0 Å². The Bertz CT molecular complexity index is 668. The van der Waals surface area contributed by atoms with Gasteiger partial charge in [-0.3, -0.25) is 9.59 Å². The minimum absolute atomic E-state index is 0.232. The molecule has 0 saturated heterocycles. The van der Waals surface area contributed by atoms with Gasteiger partial charge >= 0.3 is 11.9 Å². The average Bonchev–Trinajstić information content (AvgIpc) is 2.83. The van der Waals surface area contributed by atoms with E-state index in [0.717, 1.165) is 63.4 Å². The summed E-state index contributed by atoms with van der Waals surface area (Å²) in [4.78, 5) is 25.1. The second-order valence-corrected chi connectivity index (χ2v) is 9.54. The van der Waals surface area contributed by atoms with Crippen molar-refractivity contribution in [2.45, 2.75) is 143 Å². The van der Waals surface area contributed by atoms with Crippen LogP contribution in [0.4, 0.5) is 0 Å². The molecule has 0 N–H and O–H groups in total. The van der Waals surface area contributed by atoms with Gasteiger partial charge in [-0.1, -0.05) is 116 Å². The maximum absolute atomic E-state index is 12.6. The SMILES string of the molecule is CCCCCCCCC(=O)Oc1cccc(CCCCCC)c1OC(=O)CCCCCCCC. The molecule has 0 aliphatic heterocycles. The molecule has 0 saturated carbocycles. The van der Waals surface area contributed by atoms with Gasteiger partial charge in [-0.2, -0.15) is 0 Å². The second-order valence-electron chi connectivity index (χ2n) is 9.54. The Labute approximate surface area is 209 Å². The summed E-state index contributed by atoms with van der Waals surface area (Å²) in [6.07, 6.45) is 19.7. The number of esters is 2. The number of para-hydroxylation sites is 1. The molecule has 0 amide bonds. The van der Waals surface area contributed by atoms with Gasteiger partial charge in [0.2, 0.25) is 0 Å². The zero-order chi connectivity index (χ0) is 24.9. The van der Waals surface area contributed by atoms with Crippen LogP contribution in [-0.4, -0.2) is 11.9 Å². The second kappa shape index (κ2) is 20.5. The lowest BCUT2D eigenvalue weighted by atomic mass is 10.0. The van der Waals surface area contributed by atoms with Crippen molar-refractivity contribution in [3.05, 3.63) is 23.8 Å². The third-order valence-corrected chi connectivity index (χ3v) is 6.27. The minimum atomic E-state index is -0.244. The van der Waals surface area contributed by atoms with Crippen LogP contribution >= 0.6 is 0 Å². The predicted octanol–water partition coefficient (Wildman–Crippen LogP) is 9.12. The number of hydrogen-bond donors (Lipinski definition) is 0. The van der Waals surface area contributed by atoms with E-state index in [1.807, 2.05) is 12.1 Å². The summed E-state index contributed by atoms with van der Waals surface area (Å²) < 4.78 is 11.5. The first-order valence-corrected chi connectivity index (χ1v) is 14.2. The summed E-state index contributed by atoms with van der Waals surface area (Å²) in [5, 5.41) is 0. The van der Waals surface area contributed by atoms with Gasteiger partial charge in [-0.25, -0.2) is 0 Å². The number of hydrogen-bond acceptors (Lipinski definition) is 4. The molecule has 0 bridgehead atoms. The largest absolute Gasteiger partial charge is 0.423 e. The van der Waals surface area contributed by atoms with Crippen molar-refractivity contribution in [3.8, 4) is 11.5 Å². The smallest absolute Gasteiger partial charge is 0.311 e. The van der Waals surface area contributed by atoms with Crippen LogP contribution in [0.1, 0.15) is 142 Å². The fourth-order valence-electron chi connectivity index (χ4n) is 4.13. The maximum Gasteiger partial charge on any atom is 0.311 e. The van der Waals surface area contributed by atoms with Crippen LogP contribution in [0.25, 0.3) is 0 Å². The molecule has 1 aromatic rings. The van der Waals surface area contributed by atoms with Gasteiger partial charge in [0.05, 0.1) is 0 Å². The molecule has 0 aromatic heterocycles. The molecule has 0 unspecified atom stereocenters. The normalized spacial score (nSPS) is 10.9. The molecule has 34 heavy (non-hydrogen) atoms. The first-order valence-electron chi connectivity index (χ1n) is 14.2. The summed E-state index contributed by atoms with van der Waals surface area (Å²) in [5.41, 5.74) is 0.956. The van der Waals surface area contributed by atoms with Crippen molar-refractivity contribution in [1.29, 1.82) is 0 Å². The molecule has 1 aromatic carbocycles. The maximum atomic E-state index is 12.6. The predicted molar refractivity (Wildman–Crippen MR) is 142 cm³/mol. The van der Waals surface area contributed by atoms with Crippen molar-refractivity contribution in [3.63, 3.8) is 0 Å². The van der Waals surface area contributed by atoms with E-state index in [9.17, 15) is 9.59 Å². The average molecular weight is 475 g/mol. The molecule has 0 atom stereocenters. The van der Waals surface area contributed by atoms with Crippen LogP contribution in [0.5, 0.6) is 11.5 Å². The Balaban J connectivity index is 2.68. The third kappa shape index (κ3) is 14.4. The lowest BCUT2D eigenvalue weighted by Gasteiger charge is -2.15. The highest BCUT2D eigenvalue weighted by molar-refractivity contribution is 5.76. The molecular formula is C30H50O4. The van der Waals surface area contributed by atoms with Crippen molar-refractivity contribution in [1.82, 2.24) is 0 Å². The van der Waals surface area contributed by atoms with E-state index < -0.39 is 0 Å². The van der Waals surface area contributed by atoms with Gasteiger partial charge in [0.15, 0.2) is 11.5 Å². The van der Waals surface area contributed by atoms with E-state index >= 15 is 0 Å². The fourth-order valence-corrected chi connectivity index (χ4v) is 4.13. The molecule has 0 heterocycles. The van der Waals surface area contributed by atoms with E-state index in [1.165, 1.54) is 51.4 Å². The zero-order valence-corrected chi connectivity index (χ0v) is 22.3. The van der Waals surface area contributed by atoms with Crippen LogP contribution < -0.4 is 9.47 Å². The highest BCUT2D eigenvalue weighted by Crippen LogP contribution is 2.33. The number of ether oxygens (including phenoxy) is 2. The standard InChI is InChI=1S/C30H50O4/c1-4-7-10-13-15-18-24-28(31)33-27-23-20-22-26(21-17-12-9-6-3)30(27)34-29(32)25-19-16-14-11-8-5-2/h20,22-23H,4-19,21,24-25H2,1-3H3. The topological polar surface area (TPSA) is 52.6 Å². The molecule has 0 spiro atoms. The van der Waals surface area contributed by atoms with Crippen LogP contribution in [0, 0.1) is 0 Å². The van der Waals surface area contributed by atoms with Crippen LogP contribution in [-0.2, 0) is 16.0 Å². The Hall–Kier alpha value is -1.84. The molecule has 1 rings (SSSR count). The van der Waals surface area contributed by atoms with E-state index in [-0.39, 0.29) is 11.9 Å². The number of aryl methyl sites for hydroxylation is 1. The van der Waals surface area contributed by atoms with Crippen LogP contribution in [0.2, 0.25) is 0 Å². The molecule has 4 nitrogen and oxygen atoms in total. The van der Waals surface area contributed by atoms with Gasteiger partial charge in [-0.15, -0.1) is 0 Å². The highest BCUT2D eigenvalue weighted by Gasteiger charge is 2.17. The van der Waals surface area contributed by atoms with Gasteiger partial charge in [0.25, 0.3) is 0 Å². The van der Waals surface area contributed by atoms with Crippen molar-refractivity contribution in [2.24, 2.45) is 0 Å². The van der Waals surface area contributed by atoms with E-state index in [2.05, 4.69) is 20.8 Å². The monoisotopic (exact) mass is 474 g/mol. The Morgan fingerprint density at radius 2 is 1.06 bits per heavy atom. The van der Waals surface area contributed by atoms with Gasteiger partial charge in [-0.05, 0) is 37.3 Å². The van der Waals surface area contributed by atoms with E-state index in [4.69, 9.17) is 9.47 Å². The van der Waals surface area contributed by atoms with Crippen molar-refractivity contribution in [2.75, 3.05) is 0 Å².